The van der Waals surface area contributed by atoms with Gasteiger partial charge in [-0.1, -0.05) is 30.3 Å². The predicted octanol–water partition coefficient (Wildman–Crippen LogP) is 1.54. The number of hydrogen-bond acceptors (Lipinski definition) is 7. The van der Waals surface area contributed by atoms with Crippen molar-refractivity contribution in [3.8, 4) is 0 Å². The summed E-state index contributed by atoms with van der Waals surface area (Å²) in [7, 11) is 0. The molecule has 3 N–H and O–H groups in total. The summed E-state index contributed by atoms with van der Waals surface area (Å²) in [6.45, 7) is 1.13. The highest BCUT2D eigenvalue weighted by molar-refractivity contribution is 5.88. The molecule has 1 amide bonds. The molecule has 0 atom stereocenters. The minimum Gasteiger partial charge on any atom is -0.392 e. The van der Waals surface area contributed by atoms with Crippen LogP contribution in [0.15, 0.2) is 67.3 Å². The Kier molecular flexibility index (Phi) is 6.56. The largest absolute Gasteiger partial charge is 0.434 e. The van der Waals surface area contributed by atoms with Crippen LogP contribution in [0.1, 0.15) is 29.8 Å². The fourth-order valence-electron chi connectivity index (χ4n) is 4.11. The Bertz CT molecular complexity index is 1810. The smallest absolute Gasteiger partial charge is 0.392 e. The molecule has 2 aromatic carbocycles. The first-order valence-electron chi connectivity index (χ1n) is 11.6. The lowest BCUT2D eigenvalue weighted by molar-refractivity contribution is -0.114. The molecule has 0 bridgehead atoms. The number of anilines is 1. The van der Waals surface area contributed by atoms with Gasteiger partial charge >= 0.3 is 11.4 Å². The highest BCUT2D eigenvalue weighted by Crippen LogP contribution is 2.15. The number of benzene rings is 2. The van der Waals surface area contributed by atoms with E-state index in [0.29, 0.717) is 17.9 Å². The van der Waals surface area contributed by atoms with Crippen molar-refractivity contribution in [2.45, 2.75) is 32.9 Å². The standard InChI is InChI=1S/C25H22FN7O5/c1-14(34)27-17-8-6-15(7-9-17)12-19-28-21-22(29-19)32(11-10-20-30-31-24(36)38-20)25(37)33(23(21)35)13-16-4-2-3-5-18(16)26/h2-9H,10-13H2,1H3,(H,27,34)(H,28,29)(H,31,36). The van der Waals surface area contributed by atoms with Crippen molar-refractivity contribution in [2.24, 2.45) is 0 Å². The van der Waals surface area contributed by atoms with Crippen LogP contribution in [0.3, 0.4) is 0 Å². The molecular weight excluding hydrogens is 497 g/mol. The number of aromatic amines is 2. The van der Waals surface area contributed by atoms with E-state index in [2.05, 4.69) is 25.5 Å². The maximum Gasteiger partial charge on any atom is 0.434 e. The van der Waals surface area contributed by atoms with Crippen molar-refractivity contribution in [1.82, 2.24) is 29.3 Å². The third-order valence-corrected chi connectivity index (χ3v) is 5.87. The molecular formula is C25H22FN7O5. The van der Waals surface area contributed by atoms with Gasteiger partial charge in [-0.3, -0.25) is 18.7 Å². The van der Waals surface area contributed by atoms with Crippen LogP contribution < -0.4 is 22.3 Å². The number of hydrogen-bond donors (Lipinski definition) is 3. The molecule has 194 valence electrons. The number of halogens is 1. The van der Waals surface area contributed by atoms with Crippen LogP contribution >= 0.6 is 0 Å². The summed E-state index contributed by atoms with van der Waals surface area (Å²) in [5.41, 5.74) is 0.520. The molecule has 0 fully saturated rings. The van der Waals surface area contributed by atoms with E-state index in [0.717, 1.165) is 10.1 Å². The maximum absolute atomic E-state index is 14.3. The normalized spacial score (nSPS) is 11.2. The van der Waals surface area contributed by atoms with E-state index in [1.165, 1.54) is 29.7 Å². The molecule has 0 saturated carbocycles. The molecule has 5 rings (SSSR count). The van der Waals surface area contributed by atoms with Gasteiger partial charge in [0, 0.05) is 37.6 Å². The SMILES string of the molecule is CC(=O)Nc1ccc(Cc2nc3c([nH]2)c(=O)n(Cc2ccccc2F)c(=O)n3CCc2n[nH]c(=O)o2)cc1. The molecule has 0 radical (unpaired) electrons. The van der Waals surface area contributed by atoms with Gasteiger partial charge in [0.2, 0.25) is 11.8 Å². The quantitative estimate of drug-likeness (QED) is 0.280. The van der Waals surface area contributed by atoms with Crippen LogP contribution in [-0.2, 0) is 30.7 Å². The van der Waals surface area contributed by atoms with Crippen LogP contribution in [0.4, 0.5) is 10.1 Å². The number of imidazole rings is 1. The number of carbonyl (C=O) groups is 1. The van der Waals surface area contributed by atoms with Crippen LogP contribution in [-0.4, -0.2) is 35.2 Å². The first-order valence-corrected chi connectivity index (χ1v) is 11.6. The van der Waals surface area contributed by atoms with Crippen molar-refractivity contribution in [3.63, 3.8) is 0 Å². The van der Waals surface area contributed by atoms with Gasteiger partial charge in [-0.25, -0.2) is 24.1 Å². The van der Waals surface area contributed by atoms with E-state index >= 15 is 0 Å². The van der Waals surface area contributed by atoms with E-state index < -0.39 is 22.8 Å². The van der Waals surface area contributed by atoms with Gasteiger partial charge < -0.3 is 14.7 Å². The summed E-state index contributed by atoms with van der Waals surface area (Å²) in [6, 6.07) is 13.0. The fraction of sp³-hybridized carbons (Fsp3) is 0.200. The van der Waals surface area contributed by atoms with Gasteiger partial charge in [-0.05, 0) is 23.8 Å². The fourth-order valence-corrected chi connectivity index (χ4v) is 4.11. The highest BCUT2D eigenvalue weighted by Gasteiger charge is 2.19. The Labute approximate surface area is 212 Å². The van der Waals surface area contributed by atoms with E-state index in [-0.39, 0.29) is 48.0 Å². The zero-order valence-electron chi connectivity index (χ0n) is 20.2. The van der Waals surface area contributed by atoms with Crippen molar-refractivity contribution in [1.29, 1.82) is 0 Å². The van der Waals surface area contributed by atoms with Crippen molar-refractivity contribution in [2.75, 3.05) is 5.32 Å². The van der Waals surface area contributed by atoms with Crippen molar-refractivity contribution >= 4 is 22.8 Å². The third-order valence-electron chi connectivity index (χ3n) is 5.87. The van der Waals surface area contributed by atoms with E-state index in [4.69, 9.17) is 4.42 Å². The molecule has 5 aromatic rings. The van der Waals surface area contributed by atoms with Crippen LogP contribution in [0, 0.1) is 5.82 Å². The minimum atomic E-state index is -0.728. The lowest BCUT2D eigenvalue weighted by Crippen LogP contribution is -2.40. The number of carbonyl (C=O) groups excluding carboxylic acids is 1. The predicted molar refractivity (Wildman–Crippen MR) is 134 cm³/mol. The second-order valence-corrected chi connectivity index (χ2v) is 8.61. The number of rotatable bonds is 8. The molecule has 0 saturated heterocycles. The first kappa shape index (κ1) is 24.6. The Hall–Kier alpha value is -5.07. The average molecular weight is 519 g/mol. The van der Waals surface area contributed by atoms with Gasteiger partial charge in [-0.15, -0.1) is 5.10 Å². The van der Waals surface area contributed by atoms with Gasteiger partial charge in [0.25, 0.3) is 5.56 Å². The topological polar surface area (TPSA) is 161 Å². The number of amides is 1. The van der Waals surface area contributed by atoms with E-state index in [9.17, 15) is 23.6 Å². The van der Waals surface area contributed by atoms with Crippen LogP contribution in [0.2, 0.25) is 0 Å². The molecule has 38 heavy (non-hydrogen) atoms. The molecule has 13 heteroatoms. The van der Waals surface area contributed by atoms with Crippen LogP contribution in [0.5, 0.6) is 0 Å². The summed E-state index contributed by atoms with van der Waals surface area (Å²) < 4.78 is 21.5. The summed E-state index contributed by atoms with van der Waals surface area (Å²) in [5.74, 6) is -0.955. The molecule has 0 aliphatic carbocycles. The Morgan fingerprint density at radius 2 is 1.84 bits per heavy atom. The molecule has 3 heterocycles. The molecule has 0 aliphatic rings. The summed E-state index contributed by atoms with van der Waals surface area (Å²) in [5, 5.41) is 8.61. The zero-order chi connectivity index (χ0) is 26.8. The highest BCUT2D eigenvalue weighted by atomic mass is 19.1. The minimum absolute atomic E-state index is 0.00359. The number of nitrogens with one attached hydrogen (secondary N) is 3. The number of H-pyrrole nitrogens is 2. The summed E-state index contributed by atoms with van der Waals surface area (Å²) in [6.07, 6.45) is 0.378. The van der Waals surface area contributed by atoms with Gasteiger partial charge in [0.15, 0.2) is 5.65 Å². The van der Waals surface area contributed by atoms with Crippen molar-refractivity contribution < 1.29 is 13.6 Å². The van der Waals surface area contributed by atoms with E-state index in [1.807, 2.05) is 12.1 Å². The molecule has 0 unspecified atom stereocenters. The lowest BCUT2D eigenvalue weighted by Gasteiger charge is -2.11. The number of fused-ring (bicyclic) bond motifs is 1. The molecule has 0 spiro atoms. The third kappa shape index (κ3) is 5.07. The zero-order valence-corrected chi connectivity index (χ0v) is 20.2. The van der Waals surface area contributed by atoms with Gasteiger partial charge in [0.1, 0.15) is 17.2 Å². The molecule has 0 aliphatic heterocycles. The first-order chi connectivity index (χ1) is 18.3. The Morgan fingerprint density at radius 3 is 2.53 bits per heavy atom. The molecule has 3 aromatic heterocycles. The van der Waals surface area contributed by atoms with Crippen molar-refractivity contribution in [3.05, 3.63) is 109 Å². The summed E-state index contributed by atoms with van der Waals surface area (Å²) >= 11 is 0. The Balaban J connectivity index is 1.55. The second-order valence-electron chi connectivity index (χ2n) is 8.61. The van der Waals surface area contributed by atoms with E-state index in [1.54, 1.807) is 18.2 Å². The summed E-state index contributed by atoms with van der Waals surface area (Å²) in [4.78, 5) is 56.8. The lowest BCUT2D eigenvalue weighted by atomic mass is 10.1. The van der Waals surface area contributed by atoms with Crippen LogP contribution in [0.25, 0.3) is 11.2 Å². The number of aromatic nitrogens is 6. The monoisotopic (exact) mass is 519 g/mol. The molecule has 12 nitrogen and oxygen atoms in total. The van der Waals surface area contributed by atoms with Gasteiger partial charge in [0.05, 0.1) is 6.54 Å². The number of aryl methyl sites for hydroxylation is 2. The average Bonchev–Trinajstić information content (AvgIpc) is 3.50. The number of nitrogens with zero attached hydrogens (tertiary/aromatic N) is 4. The second kappa shape index (κ2) is 10.1. The van der Waals surface area contributed by atoms with Gasteiger partial charge in [-0.2, -0.15) is 0 Å². The Morgan fingerprint density at radius 1 is 1.08 bits per heavy atom. The maximum atomic E-state index is 14.3.